The van der Waals surface area contributed by atoms with E-state index in [1.807, 2.05) is 13.8 Å². The first kappa shape index (κ1) is 22.6. The van der Waals surface area contributed by atoms with Gasteiger partial charge in [-0.05, 0) is 37.1 Å². The Morgan fingerprint density at radius 1 is 1.10 bits per heavy atom. The summed E-state index contributed by atoms with van der Waals surface area (Å²) in [5.74, 6) is 0.242. The van der Waals surface area contributed by atoms with E-state index in [0.717, 1.165) is 25.9 Å². The van der Waals surface area contributed by atoms with Crippen LogP contribution in [0.1, 0.15) is 42.8 Å². The summed E-state index contributed by atoms with van der Waals surface area (Å²) in [7, 11) is 0. The first-order chi connectivity index (χ1) is 14.9. The maximum Gasteiger partial charge on any atom is 0.253 e. The van der Waals surface area contributed by atoms with E-state index in [-0.39, 0.29) is 42.8 Å². The van der Waals surface area contributed by atoms with Crippen molar-refractivity contribution in [3.63, 3.8) is 0 Å². The Labute approximate surface area is 182 Å². The number of anilines is 1. The fourth-order valence-electron chi connectivity index (χ4n) is 3.46. The third kappa shape index (κ3) is 6.68. The van der Waals surface area contributed by atoms with Crippen molar-refractivity contribution in [2.24, 2.45) is 5.92 Å². The zero-order valence-electron chi connectivity index (χ0n) is 18.0. The lowest BCUT2D eigenvalue weighted by Crippen LogP contribution is -2.47. The quantitative estimate of drug-likeness (QED) is 0.601. The summed E-state index contributed by atoms with van der Waals surface area (Å²) in [6.07, 6.45) is 3.19. The van der Waals surface area contributed by atoms with E-state index in [2.05, 4.69) is 20.9 Å². The third-order valence-corrected chi connectivity index (χ3v) is 5.27. The molecule has 1 aliphatic rings. The van der Waals surface area contributed by atoms with Gasteiger partial charge in [0.05, 0.1) is 30.6 Å². The van der Waals surface area contributed by atoms with E-state index in [0.29, 0.717) is 17.0 Å². The maximum absolute atomic E-state index is 12.6. The van der Waals surface area contributed by atoms with E-state index in [9.17, 15) is 14.4 Å². The topological polar surface area (TPSA) is 104 Å². The fraction of sp³-hybridized carbons (Fsp3) is 0.435. The highest BCUT2D eigenvalue weighted by molar-refractivity contribution is 6.04. The smallest absolute Gasteiger partial charge is 0.253 e. The van der Waals surface area contributed by atoms with Crippen molar-refractivity contribution in [1.29, 1.82) is 0 Å². The molecule has 8 nitrogen and oxygen atoms in total. The lowest BCUT2D eigenvalue weighted by atomic mass is 10.0. The minimum Gasteiger partial charge on any atom is -0.467 e. The van der Waals surface area contributed by atoms with Crippen LogP contribution in [0.25, 0.3) is 0 Å². The Morgan fingerprint density at radius 2 is 1.84 bits per heavy atom. The number of para-hydroxylation sites is 1. The molecule has 1 aromatic carbocycles. The molecule has 8 heteroatoms. The van der Waals surface area contributed by atoms with E-state index >= 15 is 0 Å². The molecule has 0 unspecified atom stereocenters. The molecule has 0 aliphatic carbocycles. The molecule has 3 N–H and O–H groups in total. The van der Waals surface area contributed by atoms with Gasteiger partial charge in [-0.1, -0.05) is 26.0 Å². The molecule has 0 spiro atoms. The Hall–Kier alpha value is -3.13. The molecule has 1 saturated heterocycles. The van der Waals surface area contributed by atoms with Gasteiger partial charge in [-0.2, -0.15) is 0 Å². The first-order valence-corrected chi connectivity index (χ1v) is 10.6. The summed E-state index contributed by atoms with van der Waals surface area (Å²) in [4.78, 5) is 39.0. The Bertz CT molecular complexity index is 887. The minimum atomic E-state index is -0.283. The third-order valence-electron chi connectivity index (χ3n) is 5.27. The summed E-state index contributed by atoms with van der Waals surface area (Å²) >= 11 is 0. The number of furan rings is 1. The largest absolute Gasteiger partial charge is 0.467 e. The van der Waals surface area contributed by atoms with Crippen molar-refractivity contribution in [2.75, 3.05) is 25.0 Å². The van der Waals surface area contributed by atoms with Gasteiger partial charge in [0.15, 0.2) is 0 Å². The molecule has 3 amide bonds. The maximum atomic E-state index is 12.6. The van der Waals surface area contributed by atoms with Gasteiger partial charge in [-0.15, -0.1) is 0 Å². The number of hydrogen-bond acceptors (Lipinski definition) is 5. The second-order valence-corrected chi connectivity index (χ2v) is 8.07. The second kappa shape index (κ2) is 10.8. The predicted octanol–water partition coefficient (Wildman–Crippen LogP) is 2.38. The number of piperidine rings is 1. The van der Waals surface area contributed by atoms with Crippen LogP contribution in [0, 0.1) is 5.92 Å². The van der Waals surface area contributed by atoms with Gasteiger partial charge in [0.1, 0.15) is 5.76 Å². The normalized spacial score (nSPS) is 14.9. The number of carbonyl (C=O) groups is 3. The first-order valence-electron chi connectivity index (χ1n) is 10.6. The summed E-state index contributed by atoms with van der Waals surface area (Å²) in [6.45, 7) is 5.75. The predicted molar refractivity (Wildman–Crippen MR) is 117 cm³/mol. The highest BCUT2D eigenvalue weighted by Crippen LogP contribution is 2.16. The van der Waals surface area contributed by atoms with Gasteiger partial charge in [0.25, 0.3) is 5.91 Å². The molecule has 2 heterocycles. The Morgan fingerprint density at radius 3 is 2.52 bits per heavy atom. The summed E-state index contributed by atoms with van der Waals surface area (Å²) < 4.78 is 5.23. The number of rotatable bonds is 8. The zero-order valence-corrected chi connectivity index (χ0v) is 18.0. The van der Waals surface area contributed by atoms with Crippen LogP contribution >= 0.6 is 0 Å². The van der Waals surface area contributed by atoms with Crippen LogP contribution in [0.5, 0.6) is 0 Å². The molecule has 1 aromatic heterocycles. The molecule has 3 rings (SSSR count). The van der Waals surface area contributed by atoms with Crippen molar-refractivity contribution >= 4 is 23.4 Å². The minimum absolute atomic E-state index is 0.0276. The van der Waals surface area contributed by atoms with Gasteiger partial charge in [0.2, 0.25) is 11.8 Å². The molecule has 0 radical (unpaired) electrons. The molecule has 0 bridgehead atoms. The van der Waals surface area contributed by atoms with Gasteiger partial charge in [-0.3, -0.25) is 19.3 Å². The van der Waals surface area contributed by atoms with Crippen molar-refractivity contribution in [1.82, 2.24) is 15.5 Å². The zero-order chi connectivity index (χ0) is 22.2. The number of nitrogens with one attached hydrogen (secondary N) is 3. The highest BCUT2D eigenvalue weighted by atomic mass is 16.3. The van der Waals surface area contributed by atoms with Crippen LogP contribution < -0.4 is 16.0 Å². The molecule has 31 heavy (non-hydrogen) atoms. The van der Waals surface area contributed by atoms with Crippen LogP contribution in [-0.4, -0.2) is 48.3 Å². The van der Waals surface area contributed by atoms with Crippen molar-refractivity contribution < 1.29 is 18.8 Å². The lowest BCUT2D eigenvalue weighted by Gasteiger charge is -2.32. The van der Waals surface area contributed by atoms with E-state index in [4.69, 9.17) is 4.42 Å². The van der Waals surface area contributed by atoms with Crippen LogP contribution in [0.4, 0.5) is 5.69 Å². The highest BCUT2D eigenvalue weighted by Gasteiger charge is 2.23. The number of carbonyl (C=O) groups excluding carboxylic acids is 3. The molecule has 1 fully saturated rings. The molecule has 0 saturated carbocycles. The lowest BCUT2D eigenvalue weighted by molar-refractivity contribution is -0.125. The average Bonchev–Trinajstić information content (AvgIpc) is 3.27. The summed E-state index contributed by atoms with van der Waals surface area (Å²) in [5, 5.41) is 8.71. The van der Waals surface area contributed by atoms with Crippen molar-refractivity contribution in [3.05, 3.63) is 54.0 Å². The summed E-state index contributed by atoms with van der Waals surface area (Å²) in [5.41, 5.74) is 0.876. The number of likely N-dealkylation sites (tertiary alicyclic amines) is 1. The number of hydrogen-bond donors (Lipinski definition) is 3. The molecule has 0 atom stereocenters. The standard InChI is InChI=1S/C23H30N4O4/c1-16(2)22(29)25-17-9-11-27(12-10-17)15-21(28)26-20-8-4-3-7-19(20)23(30)24-14-18-6-5-13-31-18/h3-8,13,16-17H,9-12,14-15H2,1-2H3,(H,24,30)(H,25,29)(H,26,28). The van der Waals surface area contributed by atoms with Gasteiger partial charge >= 0.3 is 0 Å². The van der Waals surface area contributed by atoms with E-state index in [1.54, 1.807) is 42.7 Å². The SMILES string of the molecule is CC(C)C(=O)NC1CCN(CC(=O)Nc2ccccc2C(=O)NCc2ccco2)CC1. The van der Waals surface area contributed by atoms with Crippen LogP contribution in [-0.2, 0) is 16.1 Å². The second-order valence-electron chi connectivity index (χ2n) is 8.07. The fourth-order valence-corrected chi connectivity index (χ4v) is 3.46. The molecular formula is C23H30N4O4. The molecular weight excluding hydrogens is 396 g/mol. The van der Waals surface area contributed by atoms with Crippen LogP contribution in [0.2, 0.25) is 0 Å². The Kier molecular flexibility index (Phi) is 7.83. The number of nitrogens with zero attached hydrogens (tertiary/aromatic N) is 1. The monoisotopic (exact) mass is 426 g/mol. The molecule has 1 aliphatic heterocycles. The van der Waals surface area contributed by atoms with E-state index in [1.165, 1.54) is 0 Å². The van der Waals surface area contributed by atoms with Crippen molar-refractivity contribution in [2.45, 2.75) is 39.3 Å². The van der Waals surface area contributed by atoms with Gasteiger partial charge in [-0.25, -0.2) is 0 Å². The molecule has 2 aromatic rings. The van der Waals surface area contributed by atoms with Crippen LogP contribution in [0.3, 0.4) is 0 Å². The van der Waals surface area contributed by atoms with Crippen LogP contribution in [0.15, 0.2) is 47.1 Å². The van der Waals surface area contributed by atoms with Gasteiger partial charge < -0.3 is 20.4 Å². The average molecular weight is 427 g/mol. The molecule has 166 valence electrons. The van der Waals surface area contributed by atoms with E-state index < -0.39 is 0 Å². The number of benzene rings is 1. The summed E-state index contributed by atoms with van der Waals surface area (Å²) in [6, 6.07) is 10.6. The van der Waals surface area contributed by atoms with Crippen molar-refractivity contribution in [3.8, 4) is 0 Å². The Balaban J connectivity index is 1.48. The van der Waals surface area contributed by atoms with Gasteiger partial charge in [0, 0.05) is 25.0 Å². The number of amides is 3.